The van der Waals surface area contributed by atoms with Crippen LogP contribution in [0.5, 0.6) is 0 Å². The second kappa shape index (κ2) is 4.63. The molecule has 1 aromatic heterocycles. The fourth-order valence-corrected chi connectivity index (χ4v) is 0.926. The molecule has 0 saturated heterocycles. The van der Waals surface area contributed by atoms with E-state index in [0.29, 0.717) is 5.69 Å². The Morgan fingerprint density at radius 1 is 1.60 bits per heavy atom. The number of alkyl halides is 2. The maximum Gasteiger partial charge on any atom is 0.354 e. The molecule has 1 aromatic rings. The highest BCUT2D eigenvalue weighted by atomic mass is 19.3. The highest BCUT2D eigenvalue weighted by molar-refractivity contribution is 5.85. The first kappa shape index (κ1) is 11.3. The third-order valence-corrected chi connectivity index (χ3v) is 1.49. The number of nitrogens with zero attached hydrogens (tertiary/aromatic N) is 2. The van der Waals surface area contributed by atoms with Crippen LogP contribution in [0, 0.1) is 6.92 Å². The highest BCUT2D eigenvalue weighted by Gasteiger charge is 2.09. The molecule has 0 amide bonds. The molecule has 1 heterocycles. The number of halogens is 2. The van der Waals surface area contributed by atoms with Crippen LogP contribution in [0.3, 0.4) is 0 Å². The summed E-state index contributed by atoms with van der Waals surface area (Å²) in [6.07, 6.45) is -2.54. The van der Waals surface area contributed by atoms with Gasteiger partial charge in [0, 0.05) is 5.69 Å². The second-order valence-electron chi connectivity index (χ2n) is 2.80. The lowest BCUT2D eigenvalue weighted by molar-refractivity contribution is 0.0690. The molecular weight excluding hydrogens is 208 g/mol. The number of carbonyl (C=O) groups is 1. The van der Waals surface area contributed by atoms with Gasteiger partial charge in [0.2, 0.25) is 5.95 Å². The monoisotopic (exact) mass is 217 g/mol. The number of anilines is 1. The number of aromatic carboxylic acids is 1. The minimum absolute atomic E-state index is 0.104. The quantitative estimate of drug-likeness (QED) is 0.791. The van der Waals surface area contributed by atoms with Gasteiger partial charge in [0.15, 0.2) is 5.69 Å². The number of aryl methyl sites for hydroxylation is 1. The van der Waals surface area contributed by atoms with Crippen molar-refractivity contribution in [1.29, 1.82) is 0 Å². The van der Waals surface area contributed by atoms with Gasteiger partial charge in [-0.25, -0.2) is 23.5 Å². The number of hydrogen-bond donors (Lipinski definition) is 2. The summed E-state index contributed by atoms with van der Waals surface area (Å²) >= 11 is 0. The number of rotatable bonds is 4. The van der Waals surface area contributed by atoms with E-state index in [1.165, 1.54) is 6.07 Å². The Morgan fingerprint density at radius 2 is 2.27 bits per heavy atom. The van der Waals surface area contributed by atoms with Gasteiger partial charge < -0.3 is 10.4 Å². The standard InChI is InChI=1S/C8H9F2N3O2/c1-4-2-5(7(14)15)13-8(12-4)11-3-6(9)10/h2,6H,3H2,1H3,(H,14,15)(H,11,12,13). The fraction of sp³-hybridized carbons (Fsp3) is 0.375. The van der Waals surface area contributed by atoms with Crippen molar-refractivity contribution in [2.24, 2.45) is 0 Å². The molecule has 0 saturated carbocycles. The lowest BCUT2D eigenvalue weighted by Crippen LogP contribution is -2.14. The molecule has 7 heteroatoms. The molecule has 0 atom stereocenters. The molecular formula is C8H9F2N3O2. The van der Waals surface area contributed by atoms with Gasteiger partial charge in [-0.2, -0.15) is 0 Å². The summed E-state index contributed by atoms with van der Waals surface area (Å²) in [6, 6.07) is 1.26. The van der Waals surface area contributed by atoms with Crippen molar-refractivity contribution in [2.45, 2.75) is 13.3 Å². The Balaban J connectivity index is 2.84. The Morgan fingerprint density at radius 3 is 2.80 bits per heavy atom. The molecule has 0 radical (unpaired) electrons. The van der Waals surface area contributed by atoms with E-state index in [1.54, 1.807) is 6.92 Å². The molecule has 0 bridgehead atoms. The summed E-state index contributed by atoms with van der Waals surface area (Å²) in [4.78, 5) is 17.9. The van der Waals surface area contributed by atoms with E-state index >= 15 is 0 Å². The van der Waals surface area contributed by atoms with Crippen molar-refractivity contribution in [3.05, 3.63) is 17.5 Å². The average Bonchev–Trinajstić information content (AvgIpc) is 2.13. The van der Waals surface area contributed by atoms with Gasteiger partial charge in [-0.1, -0.05) is 0 Å². The normalized spacial score (nSPS) is 10.4. The van der Waals surface area contributed by atoms with Gasteiger partial charge >= 0.3 is 5.97 Å². The maximum absolute atomic E-state index is 11.8. The summed E-state index contributed by atoms with van der Waals surface area (Å²) in [6.45, 7) is 0.949. The number of nitrogens with one attached hydrogen (secondary N) is 1. The van der Waals surface area contributed by atoms with Crippen molar-refractivity contribution in [3.63, 3.8) is 0 Å². The first-order chi connectivity index (χ1) is 6.99. The zero-order chi connectivity index (χ0) is 11.4. The molecule has 0 unspecified atom stereocenters. The third-order valence-electron chi connectivity index (χ3n) is 1.49. The molecule has 2 N–H and O–H groups in total. The molecule has 82 valence electrons. The second-order valence-corrected chi connectivity index (χ2v) is 2.80. The molecule has 0 aliphatic carbocycles. The van der Waals surface area contributed by atoms with Crippen LogP contribution in [-0.4, -0.2) is 34.0 Å². The zero-order valence-electron chi connectivity index (χ0n) is 7.87. The van der Waals surface area contributed by atoms with Gasteiger partial charge in [0.25, 0.3) is 6.43 Å². The van der Waals surface area contributed by atoms with Gasteiger partial charge in [-0.3, -0.25) is 0 Å². The number of aromatic nitrogens is 2. The predicted molar refractivity (Wildman–Crippen MR) is 48.2 cm³/mol. The molecule has 0 aliphatic rings. The fourth-order valence-electron chi connectivity index (χ4n) is 0.926. The lowest BCUT2D eigenvalue weighted by atomic mass is 10.3. The Bertz CT molecular complexity index is 371. The van der Waals surface area contributed by atoms with Crippen LogP contribution in [0.25, 0.3) is 0 Å². The largest absolute Gasteiger partial charge is 0.477 e. The first-order valence-corrected chi connectivity index (χ1v) is 4.10. The Hall–Kier alpha value is -1.79. The van der Waals surface area contributed by atoms with Gasteiger partial charge in [0.1, 0.15) is 0 Å². The van der Waals surface area contributed by atoms with Crippen LogP contribution in [0.2, 0.25) is 0 Å². The third kappa shape index (κ3) is 3.45. The summed E-state index contributed by atoms with van der Waals surface area (Å²) in [7, 11) is 0. The van der Waals surface area contributed by atoms with E-state index in [4.69, 9.17) is 5.11 Å². The van der Waals surface area contributed by atoms with Crippen molar-refractivity contribution < 1.29 is 18.7 Å². The van der Waals surface area contributed by atoms with Gasteiger partial charge in [-0.05, 0) is 13.0 Å². The van der Waals surface area contributed by atoms with Crippen molar-refractivity contribution in [3.8, 4) is 0 Å². The first-order valence-electron chi connectivity index (χ1n) is 4.10. The van der Waals surface area contributed by atoms with Crippen molar-refractivity contribution >= 4 is 11.9 Å². The highest BCUT2D eigenvalue weighted by Crippen LogP contribution is 2.05. The van der Waals surface area contributed by atoms with Crippen LogP contribution in [0.15, 0.2) is 6.07 Å². The number of carboxylic acids is 1. The minimum Gasteiger partial charge on any atom is -0.477 e. The van der Waals surface area contributed by atoms with Crippen LogP contribution in [0.4, 0.5) is 14.7 Å². The molecule has 0 aromatic carbocycles. The Labute approximate surface area is 84.2 Å². The molecule has 1 rings (SSSR count). The topological polar surface area (TPSA) is 75.1 Å². The van der Waals surface area contributed by atoms with E-state index in [0.717, 1.165) is 0 Å². The molecule has 5 nitrogen and oxygen atoms in total. The SMILES string of the molecule is Cc1cc(C(=O)O)nc(NCC(F)F)n1. The van der Waals surface area contributed by atoms with E-state index in [2.05, 4.69) is 15.3 Å². The van der Waals surface area contributed by atoms with Gasteiger partial charge in [0.05, 0.1) is 6.54 Å². The van der Waals surface area contributed by atoms with Crippen LogP contribution in [0.1, 0.15) is 16.2 Å². The average molecular weight is 217 g/mol. The van der Waals surface area contributed by atoms with Crippen molar-refractivity contribution in [1.82, 2.24) is 9.97 Å². The van der Waals surface area contributed by atoms with E-state index in [-0.39, 0.29) is 11.6 Å². The summed E-state index contributed by atoms with van der Waals surface area (Å²) < 4.78 is 23.7. The Kier molecular flexibility index (Phi) is 3.48. The predicted octanol–water partition coefficient (Wildman–Crippen LogP) is 1.16. The molecule has 15 heavy (non-hydrogen) atoms. The summed E-state index contributed by atoms with van der Waals surface area (Å²) in [5.74, 6) is -1.33. The van der Waals surface area contributed by atoms with Crippen LogP contribution >= 0.6 is 0 Å². The maximum atomic E-state index is 11.8. The van der Waals surface area contributed by atoms with Crippen molar-refractivity contribution in [2.75, 3.05) is 11.9 Å². The summed E-state index contributed by atoms with van der Waals surface area (Å²) in [5.41, 5.74) is 0.179. The smallest absolute Gasteiger partial charge is 0.354 e. The van der Waals surface area contributed by atoms with E-state index < -0.39 is 18.9 Å². The van der Waals surface area contributed by atoms with Crippen LogP contribution < -0.4 is 5.32 Å². The van der Waals surface area contributed by atoms with Gasteiger partial charge in [-0.15, -0.1) is 0 Å². The van der Waals surface area contributed by atoms with E-state index in [9.17, 15) is 13.6 Å². The van der Waals surface area contributed by atoms with Crippen LogP contribution in [-0.2, 0) is 0 Å². The number of hydrogen-bond acceptors (Lipinski definition) is 4. The molecule has 0 spiro atoms. The minimum atomic E-state index is -2.54. The molecule has 0 fully saturated rings. The zero-order valence-corrected chi connectivity index (χ0v) is 7.87. The molecule has 0 aliphatic heterocycles. The number of carboxylic acid groups (broad SMARTS) is 1. The lowest BCUT2D eigenvalue weighted by Gasteiger charge is -2.05. The van der Waals surface area contributed by atoms with E-state index in [1.807, 2.05) is 0 Å². The summed E-state index contributed by atoms with van der Waals surface area (Å²) in [5, 5.41) is 10.9.